The minimum Gasteiger partial charge on any atom is -0.370 e. The second-order valence-electron chi connectivity index (χ2n) is 11.3. The zero-order chi connectivity index (χ0) is 34.9. The van der Waals surface area contributed by atoms with Gasteiger partial charge in [-0.15, -0.1) is 0 Å². The number of rotatable bonds is 20. The highest BCUT2D eigenvalue weighted by Gasteiger charge is 2.38. The monoisotopic (exact) mass is 676 g/mol. The van der Waals surface area contributed by atoms with Crippen LogP contribution < -0.4 is 44.2 Å². The molecule has 5 atom stereocenters. The lowest BCUT2D eigenvalue weighted by molar-refractivity contribution is -0.140. The van der Waals surface area contributed by atoms with Crippen molar-refractivity contribution in [1.82, 2.24) is 26.2 Å². The van der Waals surface area contributed by atoms with Crippen LogP contribution in [0.3, 0.4) is 0 Å². The predicted molar refractivity (Wildman–Crippen MR) is 178 cm³/mol. The smallest absolute Gasteiger partial charge is 0.243 e. The second-order valence-corrected chi connectivity index (χ2v) is 12.3. The predicted octanol–water partition coefficient (Wildman–Crippen LogP) is -2.23. The molecule has 6 amide bonds. The van der Waals surface area contributed by atoms with Crippen molar-refractivity contribution in [3.05, 3.63) is 35.9 Å². The molecule has 47 heavy (non-hydrogen) atoms. The molecule has 1 aromatic carbocycles. The molecule has 1 heterocycles. The zero-order valence-electron chi connectivity index (χ0n) is 26.7. The number of carbonyl (C=O) groups excluding carboxylic acids is 6. The maximum absolute atomic E-state index is 13.6. The fourth-order valence-electron chi connectivity index (χ4n) is 5.12. The van der Waals surface area contributed by atoms with Crippen molar-refractivity contribution in [2.24, 2.45) is 22.9 Å². The molecule has 0 spiro atoms. The Morgan fingerprint density at radius 2 is 1.57 bits per heavy atom. The van der Waals surface area contributed by atoms with Crippen LogP contribution in [0.2, 0.25) is 0 Å². The summed E-state index contributed by atoms with van der Waals surface area (Å²) in [7, 11) is 0. The van der Waals surface area contributed by atoms with Crippen LogP contribution in [-0.2, 0) is 35.2 Å². The first kappa shape index (κ1) is 38.8. The van der Waals surface area contributed by atoms with E-state index in [-0.39, 0.29) is 50.5 Å². The zero-order valence-corrected chi connectivity index (χ0v) is 27.5. The summed E-state index contributed by atoms with van der Waals surface area (Å²) in [6.45, 7) is 0.549. The highest BCUT2D eigenvalue weighted by Crippen LogP contribution is 2.20. The molecule has 2 rings (SSSR count). The number of carbonyl (C=O) groups is 6. The molecule has 13 N–H and O–H groups in total. The summed E-state index contributed by atoms with van der Waals surface area (Å²) in [5.41, 5.74) is 23.1. The van der Waals surface area contributed by atoms with Crippen molar-refractivity contribution in [2.45, 2.75) is 81.6 Å². The fraction of sp³-hybridized carbons (Fsp3) is 0.567. The number of guanidine groups is 1. The minimum absolute atomic E-state index is 0.0595. The average molecular weight is 677 g/mol. The van der Waals surface area contributed by atoms with Gasteiger partial charge in [0.2, 0.25) is 35.4 Å². The van der Waals surface area contributed by atoms with Gasteiger partial charge in [-0.2, -0.15) is 11.8 Å². The number of thioether (sulfide) groups is 1. The molecule has 0 aliphatic carbocycles. The Morgan fingerprint density at radius 1 is 0.936 bits per heavy atom. The van der Waals surface area contributed by atoms with Crippen molar-refractivity contribution in [2.75, 3.05) is 25.1 Å². The van der Waals surface area contributed by atoms with Gasteiger partial charge in [0, 0.05) is 25.9 Å². The Labute approximate surface area is 278 Å². The van der Waals surface area contributed by atoms with Gasteiger partial charge >= 0.3 is 0 Å². The number of benzene rings is 1. The van der Waals surface area contributed by atoms with E-state index in [1.54, 1.807) is 42.1 Å². The molecule has 0 aromatic heterocycles. The van der Waals surface area contributed by atoms with Gasteiger partial charge in [-0.3, -0.25) is 34.2 Å². The van der Waals surface area contributed by atoms with Gasteiger partial charge in [0.15, 0.2) is 5.96 Å². The van der Waals surface area contributed by atoms with Crippen LogP contribution >= 0.6 is 11.8 Å². The molecule has 17 heteroatoms. The number of hydrogen-bond donors (Lipinski definition) is 9. The lowest BCUT2D eigenvalue weighted by Gasteiger charge is -2.29. The van der Waals surface area contributed by atoms with E-state index in [0.717, 1.165) is 5.56 Å². The van der Waals surface area contributed by atoms with Crippen LogP contribution in [0.1, 0.15) is 50.5 Å². The molecule has 260 valence electrons. The molecule has 16 nitrogen and oxygen atoms in total. The topological polar surface area (TPSA) is 282 Å². The summed E-state index contributed by atoms with van der Waals surface area (Å²) in [5, 5.41) is 17.8. The second kappa shape index (κ2) is 20.0. The van der Waals surface area contributed by atoms with Crippen LogP contribution in [0.15, 0.2) is 30.3 Å². The van der Waals surface area contributed by atoms with E-state index in [1.165, 1.54) is 4.90 Å². The fourth-order valence-corrected chi connectivity index (χ4v) is 5.61. The Hall–Kier alpha value is -4.38. The number of hydrogen-bond acceptors (Lipinski definition) is 9. The molecule has 1 aliphatic rings. The SMILES string of the molecule is CSCC[C@@H](N)C(=O)N1CCC[C@H]1C(=O)N[C@@H](CCC(N)=O)C(=O)N[C@@H](CCCNC(=N)N)C(=O)N[C@@H](Cc1ccccc1)C(N)=O. The minimum atomic E-state index is -1.28. The molecule has 0 unspecified atom stereocenters. The van der Waals surface area contributed by atoms with Crippen molar-refractivity contribution < 1.29 is 28.8 Å². The van der Waals surface area contributed by atoms with E-state index in [9.17, 15) is 28.8 Å². The summed E-state index contributed by atoms with van der Waals surface area (Å²) in [6, 6.07) is 3.72. The molecule has 0 saturated carbocycles. The summed E-state index contributed by atoms with van der Waals surface area (Å²) in [6.07, 6.45) is 3.32. The first-order chi connectivity index (χ1) is 22.3. The summed E-state index contributed by atoms with van der Waals surface area (Å²) >= 11 is 1.55. The van der Waals surface area contributed by atoms with Crippen LogP contribution in [0, 0.1) is 5.41 Å². The normalized spacial score (nSPS) is 16.6. The average Bonchev–Trinajstić information content (AvgIpc) is 3.52. The van der Waals surface area contributed by atoms with E-state index >= 15 is 0 Å². The standard InChI is InChI=1S/C30H48N10O6S/c1-47-16-13-19(31)29(46)40-15-6-10-23(40)28(45)38-21(11-12-24(32)41)27(44)37-20(9-5-14-36-30(34)35)26(43)39-22(25(33)42)17-18-7-3-2-4-8-18/h2-4,7-8,19-23H,5-6,9-17,31H2,1H3,(H2,32,41)(H2,33,42)(H,37,44)(H,38,45)(H,39,43)(H4,34,35,36)/t19-,20+,21+,22+,23+/m1/s1. The van der Waals surface area contributed by atoms with Crippen LogP contribution in [-0.4, -0.2) is 102 Å². The van der Waals surface area contributed by atoms with Gasteiger partial charge in [0.05, 0.1) is 6.04 Å². The van der Waals surface area contributed by atoms with Crippen molar-refractivity contribution in [1.29, 1.82) is 5.41 Å². The number of amides is 6. The Morgan fingerprint density at radius 3 is 2.17 bits per heavy atom. The maximum atomic E-state index is 13.6. The molecular weight excluding hydrogens is 628 g/mol. The maximum Gasteiger partial charge on any atom is 0.243 e. The number of likely N-dealkylation sites (tertiary alicyclic amines) is 1. The van der Waals surface area contributed by atoms with Crippen LogP contribution in [0.4, 0.5) is 0 Å². The highest BCUT2D eigenvalue weighted by atomic mass is 32.2. The first-order valence-corrected chi connectivity index (χ1v) is 16.9. The third kappa shape index (κ3) is 13.5. The van der Waals surface area contributed by atoms with E-state index in [4.69, 9.17) is 28.3 Å². The Bertz CT molecular complexity index is 1250. The molecule has 1 aromatic rings. The summed E-state index contributed by atoms with van der Waals surface area (Å²) < 4.78 is 0. The lowest BCUT2D eigenvalue weighted by atomic mass is 10.0. The van der Waals surface area contributed by atoms with Gasteiger partial charge in [-0.05, 0) is 56.1 Å². The number of primary amides is 2. The van der Waals surface area contributed by atoms with Gasteiger partial charge in [-0.25, -0.2) is 0 Å². The Balaban J connectivity index is 2.22. The number of nitrogens with zero attached hydrogens (tertiary/aromatic N) is 1. The number of nitrogens with two attached hydrogens (primary N) is 4. The highest BCUT2D eigenvalue weighted by molar-refractivity contribution is 7.98. The van der Waals surface area contributed by atoms with Crippen LogP contribution in [0.25, 0.3) is 0 Å². The summed E-state index contributed by atoms with van der Waals surface area (Å²) in [5.74, 6) is -3.50. The molecule has 1 saturated heterocycles. The van der Waals surface area contributed by atoms with Gasteiger partial charge in [0.1, 0.15) is 24.2 Å². The third-order valence-corrected chi connectivity index (χ3v) is 8.31. The first-order valence-electron chi connectivity index (χ1n) is 15.5. The lowest BCUT2D eigenvalue weighted by Crippen LogP contribution is -2.58. The third-order valence-electron chi connectivity index (χ3n) is 7.66. The van der Waals surface area contributed by atoms with E-state index in [1.807, 2.05) is 6.26 Å². The van der Waals surface area contributed by atoms with E-state index in [2.05, 4.69) is 21.3 Å². The van der Waals surface area contributed by atoms with E-state index in [0.29, 0.717) is 31.6 Å². The van der Waals surface area contributed by atoms with Gasteiger partial charge in [0.25, 0.3) is 0 Å². The Kier molecular flexibility index (Phi) is 16.5. The van der Waals surface area contributed by atoms with Crippen molar-refractivity contribution in [3.8, 4) is 0 Å². The van der Waals surface area contributed by atoms with Gasteiger partial charge < -0.3 is 49.1 Å². The van der Waals surface area contributed by atoms with Crippen LogP contribution in [0.5, 0.6) is 0 Å². The van der Waals surface area contributed by atoms with E-state index < -0.39 is 59.7 Å². The quantitative estimate of drug-likeness (QED) is 0.0407. The molecular formula is C30H48N10O6S. The van der Waals surface area contributed by atoms with Crippen molar-refractivity contribution >= 4 is 53.2 Å². The number of nitrogens with one attached hydrogen (secondary N) is 5. The summed E-state index contributed by atoms with van der Waals surface area (Å²) in [4.78, 5) is 78.8. The molecule has 0 radical (unpaired) electrons. The molecule has 0 bridgehead atoms. The van der Waals surface area contributed by atoms with Crippen molar-refractivity contribution in [3.63, 3.8) is 0 Å². The largest absolute Gasteiger partial charge is 0.370 e. The molecule has 1 fully saturated rings. The van der Waals surface area contributed by atoms with Gasteiger partial charge in [-0.1, -0.05) is 30.3 Å². The molecule has 1 aliphatic heterocycles.